The summed E-state index contributed by atoms with van der Waals surface area (Å²) >= 11 is 3.76. The maximum Gasteiger partial charge on any atom is 0.186 e. The van der Waals surface area contributed by atoms with Crippen LogP contribution < -0.4 is 0 Å². The molecule has 0 fully saturated rings. The number of hydrogen-bond donors (Lipinski definition) is 0. The smallest absolute Gasteiger partial charge is 0.186 e. The summed E-state index contributed by atoms with van der Waals surface area (Å²) in [5.41, 5.74) is 1.62. The standard InChI is InChI=1S/C12H10INOS/c1-8-14-11(7-16-8)12(15)6-9-2-4-10(13)5-3-9/h2-5,7H,6H2,1H3. The summed E-state index contributed by atoms with van der Waals surface area (Å²) in [6.45, 7) is 1.91. The van der Waals surface area contributed by atoms with E-state index >= 15 is 0 Å². The Morgan fingerprint density at radius 1 is 1.38 bits per heavy atom. The Hall–Kier alpha value is -0.750. The van der Waals surface area contributed by atoms with Crippen molar-refractivity contribution in [2.24, 2.45) is 0 Å². The number of benzene rings is 1. The van der Waals surface area contributed by atoms with Crippen molar-refractivity contribution >= 4 is 39.7 Å². The third-order valence-electron chi connectivity index (χ3n) is 2.18. The van der Waals surface area contributed by atoms with E-state index in [0.29, 0.717) is 12.1 Å². The lowest BCUT2D eigenvalue weighted by molar-refractivity contribution is 0.0989. The Labute approximate surface area is 112 Å². The maximum absolute atomic E-state index is 11.9. The average Bonchev–Trinajstić information content (AvgIpc) is 2.68. The van der Waals surface area contributed by atoms with Crippen LogP contribution in [0.1, 0.15) is 21.1 Å². The van der Waals surface area contributed by atoms with E-state index in [-0.39, 0.29) is 5.78 Å². The molecule has 0 saturated carbocycles. The van der Waals surface area contributed by atoms with E-state index in [4.69, 9.17) is 0 Å². The predicted octanol–water partition coefficient (Wildman–Crippen LogP) is 3.48. The van der Waals surface area contributed by atoms with Crippen LogP contribution in [0.4, 0.5) is 0 Å². The molecule has 0 N–H and O–H groups in total. The first kappa shape index (κ1) is 11.7. The van der Waals surface area contributed by atoms with Gasteiger partial charge in [0.25, 0.3) is 0 Å². The third-order valence-corrected chi connectivity index (χ3v) is 3.68. The highest BCUT2D eigenvalue weighted by molar-refractivity contribution is 14.1. The summed E-state index contributed by atoms with van der Waals surface area (Å²) in [4.78, 5) is 16.0. The highest BCUT2D eigenvalue weighted by atomic mass is 127. The predicted molar refractivity (Wildman–Crippen MR) is 74.0 cm³/mol. The van der Waals surface area contributed by atoms with Gasteiger partial charge in [0.05, 0.1) is 5.01 Å². The molecule has 82 valence electrons. The van der Waals surface area contributed by atoms with Gasteiger partial charge in [-0.25, -0.2) is 4.98 Å². The number of ketones is 1. The fourth-order valence-electron chi connectivity index (χ4n) is 1.37. The number of aryl methyl sites for hydroxylation is 1. The van der Waals surface area contributed by atoms with Crippen LogP contribution in [-0.2, 0) is 6.42 Å². The van der Waals surface area contributed by atoms with Gasteiger partial charge < -0.3 is 0 Å². The number of carbonyl (C=O) groups is 1. The number of rotatable bonds is 3. The van der Waals surface area contributed by atoms with Crippen molar-refractivity contribution in [3.8, 4) is 0 Å². The van der Waals surface area contributed by atoms with Gasteiger partial charge in [-0.2, -0.15) is 0 Å². The van der Waals surface area contributed by atoms with Crippen LogP contribution >= 0.6 is 33.9 Å². The molecule has 0 unspecified atom stereocenters. The molecule has 2 rings (SSSR count). The molecule has 0 aliphatic heterocycles. The van der Waals surface area contributed by atoms with Crippen molar-refractivity contribution in [2.45, 2.75) is 13.3 Å². The summed E-state index contributed by atoms with van der Waals surface area (Å²) in [5, 5.41) is 2.76. The third kappa shape index (κ3) is 2.89. The van der Waals surface area contributed by atoms with Crippen LogP contribution in [0, 0.1) is 10.5 Å². The van der Waals surface area contributed by atoms with E-state index in [9.17, 15) is 4.79 Å². The minimum atomic E-state index is 0.0885. The monoisotopic (exact) mass is 343 g/mol. The van der Waals surface area contributed by atoms with Gasteiger partial charge in [0.15, 0.2) is 5.78 Å². The fraction of sp³-hybridized carbons (Fsp3) is 0.167. The van der Waals surface area contributed by atoms with E-state index in [1.54, 1.807) is 0 Å². The van der Waals surface area contributed by atoms with Crippen molar-refractivity contribution in [3.63, 3.8) is 0 Å². The second-order valence-electron chi connectivity index (χ2n) is 3.48. The van der Waals surface area contributed by atoms with Gasteiger partial charge in [0, 0.05) is 15.4 Å². The van der Waals surface area contributed by atoms with Crippen LogP contribution in [0.5, 0.6) is 0 Å². The minimum Gasteiger partial charge on any atom is -0.292 e. The fourth-order valence-corrected chi connectivity index (χ4v) is 2.35. The first-order valence-corrected chi connectivity index (χ1v) is 6.81. The zero-order valence-electron chi connectivity index (χ0n) is 8.74. The SMILES string of the molecule is Cc1nc(C(=O)Cc2ccc(I)cc2)cs1. The summed E-state index contributed by atoms with van der Waals surface area (Å²) in [5.74, 6) is 0.0885. The zero-order chi connectivity index (χ0) is 11.5. The van der Waals surface area contributed by atoms with E-state index in [1.807, 2.05) is 36.6 Å². The molecule has 0 atom stereocenters. The lowest BCUT2D eigenvalue weighted by atomic mass is 10.1. The van der Waals surface area contributed by atoms with Crippen LogP contribution in [0.2, 0.25) is 0 Å². The van der Waals surface area contributed by atoms with Crippen molar-refractivity contribution in [2.75, 3.05) is 0 Å². The number of thiazole rings is 1. The molecule has 0 saturated heterocycles. The number of nitrogens with zero attached hydrogens (tertiary/aromatic N) is 1. The average molecular weight is 343 g/mol. The molecular weight excluding hydrogens is 333 g/mol. The molecule has 0 amide bonds. The number of hydrogen-bond acceptors (Lipinski definition) is 3. The molecule has 0 spiro atoms. The number of halogens is 1. The van der Waals surface area contributed by atoms with Crippen molar-refractivity contribution in [1.82, 2.24) is 4.98 Å². The number of Topliss-reactive ketones (excluding diaryl/α,β-unsaturated/α-hetero) is 1. The Morgan fingerprint density at radius 2 is 2.06 bits per heavy atom. The van der Waals surface area contributed by atoms with E-state index < -0.39 is 0 Å². The van der Waals surface area contributed by atoms with E-state index in [0.717, 1.165) is 10.6 Å². The van der Waals surface area contributed by atoms with Gasteiger partial charge in [-0.05, 0) is 47.2 Å². The summed E-state index contributed by atoms with van der Waals surface area (Å²) in [7, 11) is 0. The molecule has 2 nitrogen and oxygen atoms in total. The first-order chi connectivity index (χ1) is 7.65. The quantitative estimate of drug-likeness (QED) is 0.631. The highest BCUT2D eigenvalue weighted by Gasteiger charge is 2.09. The normalized spacial score (nSPS) is 10.4. The molecular formula is C12H10INOS. The van der Waals surface area contributed by atoms with E-state index in [2.05, 4.69) is 27.6 Å². The van der Waals surface area contributed by atoms with Crippen LogP contribution in [0.25, 0.3) is 0 Å². The molecule has 1 aromatic carbocycles. The molecule has 0 aliphatic carbocycles. The van der Waals surface area contributed by atoms with Crippen molar-refractivity contribution < 1.29 is 4.79 Å². The lowest BCUT2D eigenvalue weighted by Gasteiger charge is -1.98. The van der Waals surface area contributed by atoms with Crippen LogP contribution in [0.3, 0.4) is 0 Å². The van der Waals surface area contributed by atoms with Crippen molar-refractivity contribution in [3.05, 3.63) is 49.5 Å². The second-order valence-corrected chi connectivity index (χ2v) is 5.79. The number of carbonyl (C=O) groups excluding carboxylic acids is 1. The summed E-state index contributed by atoms with van der Waals surface area (Å²) in [6, 6.07) is 7.99. The largest absolute Gasteiger partial charge is 0.292 e. The van der Waals surface area contributed by atoms with Gasteiger partial charge in [-0.3, -0.25) is 4.79 Å². The summed E-state index contributed by atoms with van der Waals surface area (Å²) < 4.78 is 1.18. The molecule has 4 heteroatoms. The zero-order valence-corrected chi connectivity index (χ0v) is 11.7. The molecule has 0 bridgehead atoms. The molecule has 16 heavy (non-hydrogen) atoms. The van der Waals surface area contributed by atoms with Crippen molar-refractivity contribution in [1.29, 1.82) is 0 Å². The van der Waals surface area contributed by atoms with Gasteiger partial charge >= 0.3 is 0 Å². The first-order valence-electron chi connectivity index (χ1n) is 4.85. The molecule has 1 aromatic heterocycles. The highest BCUT2D eigenvalue weighted by Crippen LogP contribution is 2.12. The topological polar surface area (TPSA) is 30.0 Å². The Balaban J connectivity index is 2.10. The Bertz CT molecular complexity index is 504. The Kier molecular flexibility index (Phi) is 3.70. The van der Waals surface area contributed by atoms with Gasteiger partial charge in [-0.15, -0.1) is 11.3 Å². The minimum absolute atomic E-state index is 0.0885. The Morgan fingerprint density at radius 3 is 2.62 bits per heavy atom. The van der Waals surface area contributed by atoms with E-state index in [1.165, 1.54) is 14.9 Å². The van der Waals surface area contributed by atoms with Crippen LogP contribution in [0.15, 0.2) is 29.6 Å². The lowest BCUT2D eigenvalue weighted by Crippen LogP contribution is -2.03. The maximum atomic E-state index is 11.9. The molecule has 0 radical (unpaired) electrons. The molecule has 2 aromatic rings. The number of aromatic nitrogens is 1. The van der Waals surface area contributed by atoms with Gasteiger partial charge in [0.1, 0.15) is 5.69 Å². The second kappa shape index (κ2) is 5.05. The molecule has 1 heterocycles. The molecule has 0 aliphatic rings. The van der Waals surface area contributed by atoms with Gasteiger partial charge in [-0.1, -0.05) is 12.1 Å². The van der Waals surface area contributed by atoms with Gasteiger partial charge in [0.2, 0.25) is 0 Å². The summed E-state index contributed by atoms with van der Waals surface area (Å²) in [6.07, 6.45) is 0.431. The van der Waals surface area contributed by atoms with Crippen LogP contribution in [-0.4, -0.2) is 10.8 Å².